The van der Waals surface area contributed by atoms with Crippen LogP contribution < -0.4 is 16.6 Å². The molecule has 0 aliphatic heterocycles. The van der Waals surface area contributed by atoms with Gasteiger partial charge in [0.05, 0.1) is 47.9 Å². The van der Waals surface area contributed by atoms with Gasteiger partial charge in [0.2, 0.25) is 41.3 Å². The number of H-pyrrole nitrogens is 1. The summed E-state index contributed by atoms with van der Waals surface area (Å²) in [5.74, 6) is 0.173. The molecule has 0 bridgehead atoms. The molecule has 12 aromatic rings. The molecule has 4 heterocycles. The number of benzene rings is 8. The number of nitrogens with one attached hydrogen (secondary N) is 3. The van der Waals surface area contributed by atoms with Gasteiger partial charge in [0.25, 0.3) is 5.91 Å². The van der Waals surface area contributed by atoms with Gasteiger partial charge in [-0.2, -0.15) is 20.9 Å². The zero-order valence-electron chi connectivity index (χ0n) is 45.0. The Hall–Kier alpha value is -12.4. The average molecular weight is 1150 g/mol. The van der Waals surface area contributed by atoms with Gasteiger partial charge < -0.3 is 19.0 Å². The summed E-state index contributed by atoms with van der Waals surface area (Å²) in [5.41, 5.74) is 16.9. The maximum Gasteiger partial charge on any atom is 0.269 e. The van der Waals surface area contributed by atoms with Crippen LogP contribution in [-0.2, 0) is 30.5 Å². The Kier molecular flexibility index (Phi) is 19.2. The van der Waals surface area contributed by atoms with Crippen molar-refractivity contribution in [3.8, 4) is 52.6 Å². The van der Waals surface area contributed by atoms with E-state index in [9.17, 15) is 22.8 Å². The first kappa shape index (κ1) is 58.3. The normalized spacial score (nSPS) is 10.3. The van der Waals surface area contributed by atoms with Gasteiger partial charge in [-0.3, -0.25) is 25.5 Å². The number of hydrogen-bond acceptors (Lipinski definition) is 16. The van der Waals surface area contributed by atoms with E-state index in [-0.39, 0.29) is 46.4 Å². The van der Waals surface area contributed by atoms with E-state index in [0.717, 1.165) is 50.9 Å². The summed E-state index contributed by atoms with van der Waals surface area (Å²) in [5, 5.41) is 58.1. The highest BCUT2D eigenvalue weighted by atomic mass is 19.1. The summed E-state index contributed by atoms with van der Waals surface area (Å²) >= 11 is 0. The zero-order chi connectivity index (χ0) is 60.2. The molecular weight excluding hydrogens is 1100 g/mol. The quantitative estimate of drug-likeness (QED) is 0.0826. The first-order chi connectivity index (χ1) is 41.9. The molecule has 86 heavy (non-hydrogen) atoms. The molecule has 0 atom stereocenters. The molecule has 12 rings (SSSR count). The molecule has 2 amide bonds. The van der Waals surface area contributed by atoms with E-state index >= 15 is 0 Å². The van der Waals surface area contributed by atoms with Crippen molar-refractivity contribution in [1.29, 1.82) is 15.8 Å². The molecule has 0 radical (unpaired) electrons. The van der Waals surface area contributed by atoms with E-state index in [1.54, 1.807) is 30.3 Å². The summed E-state index contributed by atoms with van der Waals surface area (Å²) in [7, 11) is 0. The lowest BCUT2D eigenvalue weighted by Gasteiger charge is -2.08. The van der Waals surface area contributed by atoms with E-state index in [0.29, 0.717) is 59.8 Å². The van der Waals surface area contributed by atoms with Crippen molar-refractivity contribution in [2.24, 2.45) is 0 Å². The Morgan fingerprint density at radius 1 is 0.465 bits per heavy atom. The number of aromatic nitrogens is 8. The lowest BCUT2D eigenvalue weighted by atomic mass is 10.1. The number of carbonyl (C=O) groups excluding carboxylic acids is 2. The van der Waals surface area contributed by atoms with Crippen molar-refractivity contribution in [2.45, 2.75) is 25.7 Å². The largest absolute Gasteiger partial charge is 0.420 e. The van der Waals surface area contributed by atoms with Crippen molar-refractivity contribution in [3.63, 3.8) is 0 Å². The standard InChI is InChI=1S/C16H12FN3O2.2C16H10FN3O.C16H13N5O/c17-14-7-6-12(9-13(14)10-18)16(22)20-19-15(21)8-11-4-2-1-3-5-11;2*17-14-7-6-12(9-13(14)10-18)16-20-19-15(21-16)8-11-4-2-1-3-5-11;17-15-12-9-11(6-7-13(12)18-20-15)16-21-19-14(22-16)8-10-4-2-1-3-5-10/h1-7,9H,8H2,(H,19,21)(H,20,22);2*1-7,9H,8H2;1-7,9H,8H2,(H3,17,18,20). The third-order valence-corrected chi connectivity index (χ3v) is 12.4. The fourth-order valence-electron chi connectivity index (χ4n) is 8.07. The van der Waals surface area contributed by atoms with Crippen LogP contribution in [0.2, 0.25) is 0 Å². The number of hydrogen-bond donors (Lipinski definition) is 4. The lowest BCUT2D eigenvalue weighted by Crippen LogP contribution is -2.42. The van der Waals surface area contributed by atoms with Crippen LogP contribution in [0.5, 0.6) is 0 Å². The second kappa shape index (κ2) is 28.4. The fourth-order valence-corrected chi connectivity index (χ4v) is 8.07. The third kappa shape index (κ3) is 15.8. The molecule has 422 valence electrons. The summed E-state index contributed by atoms with van der Waals surface area (Å²) in [6, 6.07) is 61.1. The topological polar surface area (TPSA) is 301 Å². The number of anilines is 1. The van der Waals surface area contributed by atoms with Crippen LogP contribution in [-0.4, -0.2) is 52.6 Å². The molecule has 8 aromatic carbocycles. The van der Waals surface area contributed by atoms with Gasteiger partial charge in [-0.05, 0) is 95.1 Å². The number of carbonyl (C=O) groups is 2. The van der Waals surface area contributed by atoms with Crippen LogP contribution in [0.3, 0.4) is 0 Å². The molecular formula is C64H45F3N14O5. The number of aromatic amines is 1. The van der Waals surface area contributed by atoms with Gasteiger partial charge in [0.1, 0.15) is 35.7 Å². The second-order valence-corrected chi connectivity index (χ2v) is 18.4. The Bertz CT molecular complexity index is 4260. The highest BCUT2D eigenvalue weighted by Gasteiger charge is 2.16. The van der Waals surface area contributed by atoms with E-state index < -0.39 is 23.4 Å². The van der Waals surface area contributed by atoms with Gasteiger partial charge in [0, 0.05) is 27.6 Å². The number of amides is 2. The Labute approximate surface area is 487 Å². The number of nitrogens with zero attached hydrogens (tertiary/aromatic N) is 10. The molecule has 0 spiro atoms. The van der Waals surface area contributed by atoms with Crippen LogP contribution in [0, 0.1) is 51.4 Å². The number of nitrogens with two attached hydrogens (primary N) is 1. The van der Waals surface area contributed by atoms with Crippen LogP contribution in [0.25, 0.3) is 45.3 Å². The van der Waals surface area contributed by atoms with Crippen molar-refractivity contribution >= 4 is 28.5 Å². The number of fused-ring (bicyclic) bond motifs is 1. The zero-order valence-corrected chi connectivity index (χ0v) is 45.0. The molecule has 0 aliphatic rings. The molecule has 0 saturated carbocycles. The Morgan fingerprint density at radius 3 is 1.28 bits per heavy atom. The predicted octanol–water partition coefficient (Wildman–Crippen LogP) is 11.2. The molecule has 19 nitrogen and oxygen atoms in total. The Balaban J connectivity index is 0.000000137. The van der Waals surface area contributed by atoms with Crippen LogP contribution in [0.1, 0.15) is 67.0 Å². The smallest absolute Gasteiger partial charge is 0.269 e. The van der Waals surface area contributed by atoms with Gasteiger partial charge in [-0.1, -0.05) is 121 Å². The van der Waals surface area contributed by atoms with E-state index in [4.69, 9.17) is 34.8 Å². The number of nitriles is 3. The van der Waals surface area contributed by atoms with Crippen LogP contribution in [0.4, 0.5) is 19.0 Å². The molecule has 0 fully saturated rings. The number of hydrazine groups is 1. The van der Waals surface area contributed by atoms with Gasteiger partial charge in [-0.15, -0.1) is 30.6 Å². The van der Waals surface area contributed by atoms with Gasteiger partial charge in [0.15, 0.2) is 5.82 Å². The second-order valence-electron chi connectivity index (χ2n) is 18.4. The SMILES string of the molecule is N#Cc1cc(-c2nnc(Cc3ccccc3)o2)ccc1F.N#Cc1cc(-c2nnc(Cc3ccccc3)o2)ccc1F.N#Cc1cc(C(=O)NNC(=O)Cc2ccccc2)ccc1F.Nc1n[nH]c2ccc(-c3nnc(Cc4ccccc4)o3)cc12. The third-order valence-electron chi connectivity index (χ3n) is 12.4. The first-order valence-electron chi connectivity index (χ1n) is 26.0. The predicted molar refractivity (Wildman–Crippen MR) is 307 cm³/mol. The van der Waals surface area contributed by atoms with Crippen LogP contribution in [0.15, 0.2) is 207 Å². The maximum absolute atomic E-state index is 13.3. The monoisotopic (exact) mass is 1150 g/mol. The highest BCUT2D eigenvalue weighted by Crippen LogP contribution is 2.27. The van der Waals surface area contributed by atoms with E-state index in [1.165, 1.54) is 42.5 Å². The average Bonchev–Trinajstić information content (AvgIpc) is 4.52. The summed E-state index contributed by atoms with van der Waals surface area (Å²) in [6.07, 6.45) is 1.79. The van der Waals surface area contributed by atoms with Crippen LogP contribution >= 0.6 is 0 Å². The summed E-state index contributed by atoms with van der Waals surface area (Å²) < 4.78 is 56.6. The molecule has 4 aromatic heterocycles. The van der Waals surface area contributed by atoms with Gasteiger partial charge in [-0.25, -0.2) is 13.2 Å². The van der Waals surface area contributed by atoms with E-state index in [2.05, 4.69) is 51.6 Å². The minimum absolute atomic E-state index is 0.0460. The van der Waals surface area contributed by atoms with E-state index in [1.807, 2.05) is 127 Å². The summed E-state index contributed by atoms with van der Waals surface area (Å²) in [4.78, 5) is 23.5. The lowest BCUT2D eigenvalue weighted by molar-refractivity contribution is -0.121. The minimum Gasteiger partial charge on any atom is -0.420 e. The van der Waals surface area contributed by atoms with Crippen molar-refractivity contribution in [1.82, 2.24) is 51.6 Å². The number of nitrogen functional groups attached to an aromatic ring is 1. The molecule has 22 heteroatoms. The molecule has 0 unspecified atom stereocenters. The fraction of sp³-hybridized carbons (Fsp3) is 0.0625. The maximum atomic E-state index is 13.3. The highest BCUT2D eigenvalue weighted by molar-refractivity contribution is 5.96. The Morgan fingerprint density at radius 2 is 0.849 bits per heavy atom. The van der Waals surface area contributed by atoms with Crippen molar-refractivity contribution in [2.75, 3.05) is 5.73 Å². The minimum atomic E-state index is -0.702. The summed E-state index contributed by atoms with van der Waals surface area (Å²) in [6.45, 7) is 0. The number of halogens is 3. The van der Waals surface area contributed by atoms with Crippen molar-refractivity contribution in [3.05, 3.63) is 274 Å². The number of rotatable bonds is 12. The molecule has 5 N–H and O–H groups in total. The van der Waals surface area contributed by atoms with Gasteiger partial charge >= 0.3 is 0 Å². The first-order valence-corrected chi connectivity index (χ1v) is 26.0. The molecule has 0 saturated heterocycles. The van der Waals surface area contributed by atoms with Crippen molar-refractivity contribution < 1.29 is 36.0 Å². The molecule has 0 aliphatic carbocycles.